The second-order valence-electron chi connectivity index (χ2n) is 12.2. The van der Waals surface area contributed by atoms with Gasteiger partial charge in [-0.1, -0.05) is 109 Å². The predicted octanol–water partition coefficient (Wildman–Crippen LogP) is 11.9. The molecule has 2 heteroatoms. The van der Waals surface area contributed by atoms with Crippen molar-refractivity contribution in [2.24, 2.45) is 45.6 Å². The van der Waals surface area contributed by atoms with Gasteiger partial charge in [0.25, 0.3) is 0 Å². The molecular formula is C36H63NO. The maximum atomic E-state index is 8.56. The normalized spacial score (nSPS) is 34.3. The fourth-order valence-electron chi connectivity index (χ4n) is 8.83. The molecule has 0 bridgehead atoms. The van der Waals surface area contributed by atoms with Crippen LogP contribution in [-0.4, -0.2) is 7.05 Å². The zero-order valence-corrected chi connectivity index (χ0v) is 26.8. The van der Waals surface area contributed by atoms with Gasteiger partial charge in [0.05, 0.1) is 7.05 Å². The smallest absolute Gasteiger partial charge is 0.0700 e. The molecule has 3 fully saturated rings. The molecule has 4 aliphatic rings. The summed E-state index contributed by atoms with van der Waals surface area (Å²) in [7, 11) is 1.19. The summed E-state index contributed by atoms with van der Waals surface area (Å²) in [6.45, 7) is 21.8. The molecule has 4 aliphatic carbocycles. The summed E-state index contributed by atoms with van der Waals surface area (Å²) in [6.07, 6.45) is 28.7. The number of allylic oxidation sites excluding steroid dienone is 7. The lowest BCUT2D eigenvalue weighted by molar-refractivity contribution is -0.0425. The van der Waals surface area contributed by atoms with Gasteiger partial charge < -0.3 is 0 Å². The minimum Gasteiger partial charge on any atom is -0.151 e. The third kappa shape index (κ3) is 7.82. The van der Waals surface area contributed by atoms with Crippen LogP contribution in [-0.2, 0) is 0 Å². The van der Waals surface area contributed by atoms with E-state index in [4.69, 9.17) is 4.91 Å². The van der Waals surface area contributed by atoms with E-state index < -0.39 is 0 Å². The molecule has 0 spiro atoms. The van der Waals surface area contributed by atoms with Crippen molar-refractivity contribution in [3.63, 3.8) is 0 Å². The molecule has 38 heavy (non-hydrogen) atoms. The molecule has 0 aromatic rings. The number of hydrogen-bond acceptors (Lipinski definition) is 2. The third-order valence-corrected chi connectivity index (χ3v) is 10.6. The van der Waals surface area contributed by atoms with Crippen molar-refractivity contribution in [1.82, 2.24) is 0 Å². The first kappa shape index (κ1) is 34.6. The lowest BCUT2D eigenvalue weighted by Gasteiger charge is -2.57. The van der Waals surface area contributed by atoms with Crippen LogP contribution in [0.5, 0.6) is 0 Å². The van der Waals surface area contributed by atoms with Gasteiger partial charge >= 0.3 is 0 Å². The maximum absolute atomic E-state index is 8.56. The van der Waals surface area contributed by atoms with Gasteiger partial charge in [-0.25, -0.2) is 0 Å². The second kappa shape index (κ2) is 17.3. The maximum Gasteiger partial charge on any atom is 0.0700 e. The van der Waals surface area contributed by atoms with E-state index in [-0.39, 0.29) is 0 Å². The van der Waals surface area contributed by atoms with Gasteiger partial charge in [-0.15, -0.1) is 0 Å². The lowest BCUT2D eigenvalue weighted by atomic mass is 9.47. The van der Waals surface area contributed by atoms with Crippen molar-refractivity contribution in [2.45, 2.75) is 132 Å². The van der Waals surface area contributed by atoms with Crippen molar-refractivity contribution < 1.29 is 0 Å². The molecule has 0 radical (unpaired) electrons. The summed E-state index contributed by atoms with van der Waals surface area (Å²) in [5, 5.41) is 2.25. The molecule has 0 saturated heterocycles. The van der Waals surface area contributed by atoms with E-state index in [2.05, 4.69) is 63.8 Å². The van der Waals surface area contributed by atoms with Crippen molar-refractivity contribution in [3.05, 3.63) is 53.0 Å². The molecule has 0 amide bonds. The SMILES string of the molecule is C=C/C=C(\C=C/C)C(C)CCCC1CCC2C3CC=C4CCCCC4(C)C3CCC12C.CC.CC.CN=O. The largest absolute Gasteiger partial charge is 0.151 e. The minimum atomic E-state index is 0.552. The van der Waals surface area contributed by atoms with Crippen LogP contribution in [0.3, 0.4) is 0 Å². The summed E-state index contributed by atoms with van der Waals surface area (Å²) in [4.78, 5) is 8.56. The Hall–Kier alpha value is -1.44. The Bertz CT molecular complexity index is 791. The monoisotopic (exact) mass is 525 g/mol. The highest BCUT2D eigenvalue weighted by molar-refractivity contribution is 5.25. The van der Waals surface area contributed by atoms with Gasteiger partial charge in [0, 0.05) is 0 Å². The number of rotatable bonds is 7. The van der Waals surface area contributed by atoms with E-state index in [1.54, 1.807) is 0 Å². The van der Waals surface area contributed by atoms with E-state index in [1.165, 1.54) is 89.7 Å². The van der Waals surface area contributed by atoms with Gasteiger partial charge in [-0.3, -0.25) is 0 Å². The van der Waals surface area contributed by atoms with Crippen LogP contribution in [0.15, 0.2) is 53.3 Å². The van der Waals surface area contributed by atoms with Gasteiger partial charge in [0.1, 0.15) is 0 Å². The van der Waals surface area contributed by atoms with Crippen LogP contribution in [0.4, 0.5) is 0 Å². The van der Waals surface area contributed by atoms with E-state index >= 15 is 0 Å². The molecule has 0 heterocycles. The summed E-state index contributed by atoms with van der Waals surface area (Å²) in [5.74, 6) is 4.56. The molecule has 0 N–H and O–H groups in total. The Morgan fingerprint density at radius 2 is 1.79 bits per heavy atom. The van der Waals surface area contributed by atoms with Gasteiger partial charge in [0.15, 0.2) is 0 Å². The summed E-state index contributed by atoms with van der Waals surface area (Å²) < 4.78 is 0. The Kier molecular flexibility index (Phi) is 15.7. The number of nitroso groups, excluding NO2 is 1. The molecule has 218 valence electrons. The molecule has 7 atom stereocenters. The summed E-state index contributed by atoms with van der Waals surface area (Å²) >= 11 is 0. The fourth-order valence-corrected chi connectivity index (χ4v) is 8.83. The highest BCUT2D eigenvalue weighted by atomic mass is 16.2. The molecule has 3 saturated carbocycles. The van der Waals surface area contributed by atoms with Crippen LogP contribution in [0.1, 0.15) is 132 Å². The van der Waals surface area contributed by atoms with Gasteiger partial charge in [0.2, 0.25) is 0 Å². The quantitative estimate of drug-likeness (QED) is 0.184. The van der Waals surface area contributed by atoms with Crippen molar-refractivity contribution >= 4 is 0 Å². The number of nitrogens with zero attached hydrogens (tertiary/aromatic N) is 1. The number of hydrogen-bond donors (Lipinski definition) is 0. The summed E-state index contributed by atoms with van der Waals surface area (Å²) in [5.41, 5.74) is 4.47. The van der Waals surface area contributed by atoms with Crippen LogP contribution in [0.2, 0.25) is 0 Å². The number of fused-ring (bicyclic) bond motifs is 5. The molecule has 4 rings (SSSR count). The van der Waals surface area contributed by atoms with Crippen molar-refractivity contribution in [1.29, 1.82) is 0 Å². The fraction of sp³-hybridized carbons (Fsp3) is 0.778. The summed E-state index contributed by atoms with van der Waals surface area (Å²) in [6, 6.07) is 0. The Balaban J connectivity index is 0.000000944. The molecule has 2 nitrogen and oxygen atoms in total. The predicted molar refractivity (Wildman–Crippen MR) is 170 cm³/mol. The first-order chi connectivity index (χ1) is 18.4. The first-order valence-electron chi connectivity index (χ1n) is 16.2. The van der Waals surface area contributed by atoms with E-state index in [1.807, 2.05) is 39.3 Å². The molecule has 0 aromatic carbocycles. The van der Waals surface area contributed by atoms with Crippen LogP contribution in [0, 0.1) is 45.3 Å². The second-order valence-corrected chi connectivity index (χ2v) is 12.2. The molecule has 7 unspecified atom stereocenters. The van der Waals surface area contributed by atoms with Gasteiger partial charge in [-0.2, -0.15) is 4.91 Å². The minimum absolute atomic E-state index is 0.552. The van der Waals surface area contributed by atoms with Crippen molar-refractivity contribution in [3.8, 4) is 0 Å². The standard InChI is InChI=1S/C31H48.2C2H6.CH3NO/c1-6-11-24(12-7-2)23(3)13-10-15-26-17-19-28-27-18-16-25-14-8-9-21-30(25,4)29(27)20-22-31(26,28)5;2*1-2;1-2-3/h6-7,11-12,16,23,26-29H,1,8-10,13-15,17-22H2,2-5H3;2*1-2H3;1H3/b12-7-,24-11+;;;. The molecule has 0 aromatic heterocycles. The molecule has 0 aliphatic heterocycles. The average Bonchev–Trinajstić information content (AvgIpc) is 3.27. The van der Waals surface area contributed by atoms with Crippen molar-refractivity contribution in [2.75, 3.05) is 7.05 Å². The zero-order valence-electron chi connectivity index (χ0n) is 26.8. The highest BCUT2D eigenvalue weighted by Gasteiger charge is 2.57. The Labute approximate surface area is 237 Å². The molecular weight excluding hydrogens is 462 g/mol. The average molecular weight is 526 g/mol. The zero-order chi connectivity index (χ0) is 28.8. The Morgan fingerprint density at radius 3 is 2.42 bits per heavy atom. The van der Waals surface area contributed by atoms with E-state index in [9.17, 15) is 0 Å². The van der Waals surface area contributed by atoms with E-state index in [0.29, 0.717) is 16.7 Å². The van der Waals surface area contributed by atoms with Crippen LogP contribution >= 0.6 is 0 Å². The Morgan fingerprint density at radius 1 is 1.11 bits per heavy atom. The topological polar surface area (TPSA) is 29.4 Å². The first-order valence-corrected chi connectivity index (χ1v) is 16.2. The highest BCUT2D eigenvalue weighted by Crippen LogP contribution is 2.66. The van der Waals surface area contributed by atoms with Crippen LogP contribution in [0.25, 0.3) is 0 Å². The van der Waals surface area contributed by atoms with E-state index in [0.717, 1.165) is 23.7 Å². The van der Waals surface area contributed by atoms with Crippen LogP contribution < -0.4 is 0 Å². The van der Waals surface area contributed by atoms with Gasteiger partial charge in [-0.05, 0) is 117 Å². The lowest BCUT2D eigenvalue weighted by Crippen LogP contribution is -2.49. The third-order valence-electron chi connectivity index (χ3n) is 10.6.